The van der Waals surface area contributed by atoms with Gasteiger partial charge in [0, 0.05) is 24.0 Å². The first kappa shape index (κ1) is 14.3. The van der Waals surface area contributed by atoms with Gasteiger partial charge in [-0.05, 0) is 45.7 Å². The van der Waals surface area contributed by atoms with Crippen molar-refractivity contribution >= 4 is 0 Å². The van der Waals surface area contributed by atoms with Crippen LogP contribution in [-0.2, 0) is 6.54 Å². The van der Waals surface area contributed by atoms with E-state index < -0.39 is 0 Å². The van der Waals surface area contributed by atoms with Crippen molar-refractivity contribution in [3.05, 3.63) is 27.9 Å². The predicted octanol–water partition coefficient (Wildman–Crippen LogP) is 2.17. The highest BCUT2D eigenvalue weighted by atomic mass is 16.1. The zero-order valence-electron chi connectivity index (χ0n) is 12.1. The SMILES string of the molecule is Cc1cc(C)n(CCCNC2CCCCC2)c(=O)n1. The van der Waals surface area contributed by atoms with Crippen molar-refractivity contribution in [1.29, 1.82) is 0 Å². The Hall–Kier alpha value is -1.16. The normalized spacial score (nSPS) is 16.7. The van der Waals surface area contributed by atoms with Crippen LogP contribution >= 0.6 is 0 Å². The maximum atomic E-state index is 11.8. The van der Waals surface area contributed by atoms with Crippen molar-refractivity contribution in [1.82, 2.24) is 14.9 Å². The van der Waals surface area contributed by atoms with Crippen molar-refractivity contribution < 1.29 is 0 Å². The van der Waals surface area contributed by atoms with Crippen LogP contribution in [0.5, 0.6) is 0 Å². The van der Waals surface area contributed by atoms with Crippen molar-refractivity contribution in [2.45, 2.75) is 65.0 Å². The lowest BCUT2D eigenvalue weighted by molar-refractivity contribution is 0.368. The van der Waals surface area contributed by atoms with Crippen LogP contribution in [0.1, 0.15) is 49.9 Å². The van der Waals surface area contributed by atoms with Crippen LogP contribution in [0.25, 0.3) is 0 Å². The highest BCUT2D eigenvalue weighted by Crippen LogP contribution is 2.17. The Morgan fingerprint density at radius 3 is 2.74 bits per heavy atom. The second-order valence-electron chi connectivity index (χ2n) is 5.62. The van der Waals surface area contributed by atoms with Crippen LogP contribution in [0.2, 0.25) is 0 Å². The summed E-state index contributed by atoms with van der Waals surface area (Å²) in [6.07, 6.45) is 7.72. The van der Waals surface area contributed by atoms with Crippen LogP contribution in [0.3, 0.4) is 0 Å². The summed E-state index contributed by atoms with van der Waals surface area (Å²) in [5.74, 6) is 0. The molecule has 0 aromatic carbocycles. The summed E-state index contributed by atoms with van der Waals surface area (Å²) < 4.78 is 1.77. The molecule has 0 unspecified atom stereocenters. The van der Waals surface area contributed by atoms with Crippen LogP contribution in [0.4, 0.5) is 0 Å². The lowest BCUT2D eigenvalue weighted by Crippen LogP contribution is -2.33. The summed E-state index contributed by atoms with van der Waals surface area (Å²) in [6, 6.07) is 2.67. The third kappa shape index (κ3) is 4.16. The smallest absolute Gasteiger partial charge is 0.314 e. The van der Waals surface area contributed by atoms with E-state index in [1.54, 1.807) is 4.57 Å². The quantitative estimate of drug-likeness (QED) is 0.828. The van der Waals surface area contributed by atoms with Gasteiger partial charge in [-0.3, -0.25) is 4.57 Å². The minimum absolute atomic E-state index is 0.116. The molecule has 0 amide bonds. The van der Waals surface area contributed by atoms with E-state index in [1.807, 2.05) is 19.9 Å². The van der Waals surface area contributed by atoms with Gasteiger partial charge in [-0.15, -0.1) is 0 Å². The molecule has 1 N–H and O–H groups in total. The molecule has 0 saturated heterocycles. The summed E-state index contributed by atoms with van der Waals surface area (Å²) in [5.41, 5.74) is 1.70. The zero-order chi connectivity index (χ0) is 13.7. The van der Waals surface area contributed by atoms with Crippen molar-refractivity contribution in [3.63, 3.8) is 0 Å². The molecule has 4 heteroatoms. The molecular formula is C15H25N3O. The third-order valence-electron chi connectivity index (χ3n) is 3.94. The first-order chi connectivity index (χ1) is 9.16. The van der Waals surface area contributed by atoms with Gasteiger partial charge in [0.05, 0.1) is 0 Å². The number of rotatable bonds is 5. The van der Waals surface area contributed by atoms with Gasteiger partial charge >= 0.3 is 5.69 Å². The second-order valence-corrected chi connectivity index (χ2v) is 5.62. The average Bonchev–Trinajstić information content (AvgIpc) is 2.38. The van der Waals surface area contributed by atoms with Gasteiger partial charge in [0.15, 0.2) is 0 Å². The van der Waals surface area contributed by atoms with Crippen LogP contribution in [0.15, 0.2) is 10.9 Å². The van der Waals surface area contributed by atoms with E-state index in [2.05, 4.69) is 10.3 Å². The van der Waals surface area contributed by atoms with E-state index in [0.717, 1.165) is 30.9 Å². The number of hydrogen-bond acceptors (Lipinski definition) is 3. The first-order valence-corrected chi connectivity index (χ1v) is 7.45. The van der Waals surface area contributed by atoms with E-state index in [9.17, 15) is 4.79 Å². The third-order valence-corrected chi connectivity index (χ3v) is 3.94. The molecule has 106 valence electrons. The van der Waals surface area contributed by atoms with Gasteiger partial charge in [0.2, 0.25) is 0 Å². The minimum Gasteiger partial charge on any atom is -0.314 e. The van der Waals surface area contributed by atoms with Gasteiger partial charge in [-0.2, -0.15) is 4.98 Å². The number of aromatic nitrogens is 2. The molecule has 0 radical (unpaired) electrons. The molecule has 1 aromatic rings. The van der Waals surface area contributed by atoms with Crippen LogP contribution < -0.4 is 11.0 Å². The summed E-state index contributed by atoms with van der Waals surface area (Å²) in [4.78, 5) is 15.8. The average molecular weight is 263 g/mol. The largest absolute Gasteiger partial charge is 0.347 e. The summed E-state index contributed by atoms with van der Waals surface area (Å²) in [5, 5.41) is 3.61. The van der Waals surface area contributed by atoms with Crippen molar-refractivity contribution in [3.8, 4) is 0 Å². The zero-order valence-corrected chi connectivity index (χ0v) is 12.1. The molecular weight excluding hydrogens is 238 g/mol. The Kier molecular flexibility index (Phi) is 5.14. The second kappa shape index (κ2) is 6.85. The maximum absolute atomic E-state index is 11.8. The Bertz CT molecular complexity index is 461. The molecule has 1 heterocycles. The summed E-state index contributed by atoms with van der Waals surface area (Å²) >= 11 is 0. The predicted molar refractivity (Wildman–Crippen MR) is 77.5 cm³/mol. The molecule has 2 rings (SSSR count). The molecule has 1 saturated carbocycles. The highest BCUT2D eigenvalue weighted by molar-refractivity contribution is 5.06. The van der Waals surface area contributed by atoms with E-state index in [0.29, 0.717) is 6.04 Å². The first-order valence-electron chi connectivity index (χ1n) is 7.45. The molecule has 1 aliphatic carbocycles. The van der Waals surface area contributed by atoms with Gasteiger partial charge in [0.25, 0.3) is 0 Å². The summed E-state index contributed by atoms with van der Waals surface area (Å²) in [7, 11) is 0. The van der Waals surface area contributed by atoms with Gasteiger partial charge in [-0.25, -0.2) is 4.79 Å². The fraction of sp³-hybridized carbons (Fsp3) is 0.733. The molecule has 19 heavy (non-hydrogen) atoms. The molecule has 0 atom stereocenters. The Balaban J connectivity index is 1.78. The molecule has 1 fully saturated rings. The lowest BCUT2D eigenvalue weighted by atomic mass is 9.95. The fourth-order valence-electron chi connectivity index (χ4n) is 2.90. The topological polar surface area (TPSA) is 46.9 Å². The van der Waals surface area contributed by atoms with E-state index in [1.165, 1.54) is 32.1 Å². The minimum atomic E-state index is -0.116. The van der Waals surface area contributed by atoms with E-state index in [-0.39, 0.29) is 5.69 Å². The molecule has 1 aliphatic rings. The maximum Gasteiger partial charge on any atom is 0.347 e. The Morgan fingerprint density at radius 2 is 2.05 bits per heavy atom. The lowest BCUT2D eigenvalue weighted by Gasteiger charge is -2.22. The molecule has 1 aromatic heterocycles. The standard InChI is InChI=1S/C15H25N3O/c1-12-11-13(2)18(15(19)17-12)10-6-9-16-14-7-4-3-5-8-14/h11,14,16H,3-10H2,1-2H3. The monoisotopic (exact) mass is 263 g/mol. The fourth-order valence-corrected chi connectivity index (χ4v) is 2.90. The van der Waals surface area contributed by atoms with Gasteiger partial charge in [0.1, 0.15) is 0 Å². The van der Waals surface area contributed by atoms with Crippen molar-refractivity contribution in [2.24, 2.45) is 0 Å². The molecule has 0 spiro atoms. The molecule has 4 nitrogen and oxygen atoms in total. The molecule has 0 bridgehead atoms. The van der Waals surface area contributed by atoms with E-state index in [4.69, 9.17) is 0 Å². The Labute approximate surface area is 115 Å². The van der Waals surface area contributed by atoms with Crippen LogP contribution in [0, 0.1) is 13.8 Å². The number of aryl methyl sites for hydroxylation is 2. The van der Waals surface area contributed by atoms with E-state index >= 15 is 0 Å². The Morgan fingerprint density at radius 1 is 1.32 bits per heavy atom. The van der Waals surface area contributed by atoms with Gasteiger partial charge in [-0.1, -0.05) is 19.3 Å². The number of hydrogen-bond donors (Lipinski definition) is 1. The highest BCUT2D eigenvalue weighted by Gasteiger charge is 2.11. The molecule has 0 aliphatic heterocycles. The summed E-state index contributed by atoms with van der Waals surface area (Å²) in [6.45, 7) is 5.59. The number of nitrogens with one attached hydrogen (secondary N) is 1. The van der Waals surface area contributed by atoms with Crippen LogP contribution in [-0.4, -0.2) is 22.1 Å². The van der Waals surface area contributed by atoms with Crippen molar-refractivity contribution in [2.75, 3.05) is 6.54 Å². The van der Waals surface area contributed by atoms with Gasteiger partial charge < -0.3 is 5.32 Å². The number of nitrogens with zero attached hydrogens (tertiary/aromatic N) is 2.